The van der Waals surface area contributed by atoms with Crippen LogP contribution in [0.25, 0.3) is 0 Å². The minimum atomic E-state index is -4.60. The Bertz CT molecular complexity index is 846. The van der Waals surface area contributed by atoms with Crippen molar-refractivity contribution in [2.24, 2.45) is 5.92 Å². The topological polar surface area (TPSA) is 76.9 Å². The third kappa shape index (κ3) is 4.72. The summed E-state index contributed by atoms with van der Waals surface area (Å²) in [4.78, 5) is 32.7. The number of anilines is 1. The Hall–Kier alpha value is -2.71. The summed E-state index contributed by atoms with van der Waals surface area (Å²) in [5.74, 6) is -0.152. The van der Waals surface area contributed by atoms with Gasteiger partial charge < -0.3 is 9.88 Å². The minimum absolute atomic E-state index is 0.188. The molecule has 0 radical (unpaired) electrons. The van der Waals surface area contributed by atoms with Gasteiger partial charge in [0.2, 0.25) is 5.91 Å². The molecule has 27 heavy (non-hydrogen) atoms. The van der Waals surface area contributed by atoms with Gasteiger partial charge in [0.1, 0.15) is 18.2 Å². The third-order valence-corrected chi connectivity index (χ3v) is 4.77. The molecule has 1 fully saturated rings. The second kappa shape index (κ2) is 7.89. The molecule has 6 nitrogen and oxygen atoms in total. The molecule has 0 saturated heterocycles. The molecule has 1 amide bonds. The summed E-state index contributed by atoms with van der Waals surface area (Å²) in [5, 5.41) is 2.57. The number of rotatable bonds is 5. The molecule has 1 N–H and O–H groups in total. The van der Waals surface area contributed by atoms with Gasteiger partial charge in [-0.25, -0.2) is 9.97 Å². The van der Waals surface area contributed by atoms with Crippen molar-refractivity contribution < 1.29 is 18.0 Å². The van der Waals surface area contributed by atoms with Crippen molar-refractivity contribution in [3.8, 4) is 0 Å². The van der Waals surface area contributed by atoms with Gasteiger partial charge in [-0.2, -0.15) is 13.2 Å². The van der Waals surface area contributed by atoms with E-state index in [0.29, 0.717) is 6.42 Å². The molecule has 2 aromatic heterocycles. The fraction of sp³-hybridized carbons (Fsp3) is 0.444. The molecule has 3 rings (SSSR count). The van der Waals surface area contributed by atoms with Crippen molar-refractivity contribution >= 4 is 11.7 Å². The lowest BCUT2D eigenvalue weighted by molar-refractivity contribution is -0.138. The first-order valence-corrected chi connectivity index (χ1v) is 8.71. The van der Waals surface area contributed by atoms with Gasteiger partial charge in [-0.05, 0) is 24.5 Å². The van der Waals surface area contributed by atoms with E-state index in [9.17, 15) is 22.8 Å². The van der Waals surface area contributed by atoms with Crippen LogP contribution in [0.2, 0.25) is 0 Å². The Morgan fingerprint density at radius 2 is 2.00 bits per heavy atom. The molecule has 1 aliphatic carbocycles. The lowest BCUT2D eigenvalue weighted by Crippen LogP contribution is -2.35. The molecule has 1 saturated carbocycles. The predicted molar refractivity (Wildman–Crippen MR) is 92.0 cm³/mol. The van der Waals surface area contributed by atoms with Crippen LogP contribution in [0.1, 0.15) is 43.7 Å². The first-order valence-electron chi connectivity index (χ1n) is 8.71. The quantitative estimate of drug-likeness (QED) is 0.862. The zero-order valence-electron chi connectivity index (χ0n) is 14.4. The zero-order chi connectivity index (χ0) is 19.4. The van der Waals surface area contributed by atoms with Crippen LogP contribution in [0.4, 0.5) is 19.0 Å². The highest BCUT2D eigenvalue weighted by molar-refractivity contribution is 5.92. The average Bonchev–Trinajstić information content (AvgIpc) is 3.13. The van der Waals surface area contributed by atoms with Crippen molar-refractivity contribution in [2.75, 3.05) is 5.32 Å². The number of alkyl halides is 3. The third-order valence-electron chi connectivity index (χ3n) is 4.77. The molecule has 0 bridgehead atoms. The summed E-state index contributed by atoms with van der Waals surface area (Å²) in [6.45, 7) is 0. The van der Waals surface area contributed by atoms with Crippen LogP contribution in [0.15, 0.2) is 41.7 Å². The van der Waals surface area contributed by atoms with Gasteiger partial charge >= 0.3 is 6.18 Å². The number of carbonyl (C=O) groups excluding carboxylic acids is 1. The summed E-state index contributed by atoms with van der Waals surface area (Å²) < 4.78 is 40.1. The van der Waals surface area contributed by atoms with Gasteiger partial charge in [-0.15, -0.1) is 0 Å². The van der Waals surface area contributed by atoms with Crippen molar-refractivity contribution in [2.45, 2.75) is 44.3 Å². The Morgan fingerprint density at radius 3 is 2.63 bits per heavy atom. The first-order chi connectivity index (χ1) is 12.8. The van der Waals surface area contributed by atoms with Crippen molar-refractivity contribution in [3.63, 3.8) is 0 Å². The first kappa shape index (κ1) is 19.1. The largest absolute Gasteiger partial charge is 0.417 e. The molecule has 9 heteroatoms. The van der Waals surface area contributed by atoms with Crippen LogP contribution in [-0.4, -0.2) is 20.4 Å². The number of nitrogens with zero attached hydrogens (tertiary/aromatic N) is 3. The summed E-state index contributed by atoms with van der Waals surface area (Å²) in [7, 11) is 0. The summed E-state index contributed by atoms with van der Waals surface area (Å²) in [6, 6.07) is 2.01. The maximum atomic E-state index is 13.1. The molecule has 0 aliphatic heterocycles. The van der Waals surface area contributed by atoms with Crippen LogP contribution >= 0.6 is 0 Å². The average molecular weight is 380 g/mol. The molecular formula is C18H19F3N4O2. The highest BCUT2D eigenvalue weighted by atomic mass is 19.4. The van der Waals surface area contributed by atoms with Crippen molar-refractivity contribution in [3.05, 3.63) is 52.8 Å². The van der Waals surface area contributed by atoms with E-state index >= 15 is 0 Å². The number of aromatic nitrogens is 3. The fourth-order valence-corrected chi connectivity index (χ4v) is 3.40. The molecule has 0 aromatic carbocycles. The summed E-state index contributed by atoms with van der Waals surface area (Å²) in [5.41, 5.74) is -1.61. The lowest BCUT2D eigenvalue weighted by Gasteiger charge is -2.23. The molecule has 0 spiro atoms. The predicted octanol–water partition coefficient (Wildman–Crippen LogP) is 3.42. The molecule has 2 heterocycles. The Balaban J connectivity index is 1.94. The number of amides is 1. The second-order valence-corrected chi connectivity index (χ2v) is 6.65. The van der Waals surface area contributed by atoms with Crippen LogP contribution in [0, 0.1) is 5.92 Å². The molecule has 144 valence electrons. The second-order valence-electron chi connectivity index (χ2n) is 6.65. The maximum absolute atomic E-state index is 13.1. The Labute approximate surface area is 153 Å². The van der Waals surface area contributed by atoms with E-state index in [2.05, 4.69) is 15.3 Å². The van der Waals surface area contributed by atoms with E-state index in [0.717, 1.165) is 48.6 Å². The van der Waals surface area contributed by atoms with Crippen LogP contribution in [0.3, 0.4) is 0 Å². The number of hydrogen-bond donors (Lipinski definition) is 1. The normalized spacial score (nSPS) is 16.3. The molecule has 2 aromatic rings. The van der Waals surface area contributed by atoms with Gasteiger partial charge in [-0.3, -0.25) is 9.59 Å². The van der Waals surface area contributed by atoms with Crippen molar-refractivity contribution in [1.29, 1.82) is 0 Å². The van der Waals surface area contributed by atoms with Crippen LogP contribution in [-0.2, 0) is 11.0 Å². The van der Waals surface area contributed by atoms with Gasteiger partial charge in [0.15, 0.2) is 0 Å². The molecule has 1 atom stereocenters. The number of nitrogens with one attached hydrogen (secondary N) is 1. The van der Waals surface area contributed by atoms with Gasteiger partial charge in [0.25, 0.3) is 5.56 Å². The number of hydrogen-bond acceptors (Lipinski definition) is 4. The van der Waals surface area contributed by atoms with Crippen molar-refractivity contribution in [1.82, 2.24) is 14.5 Å². The summed E-state index contributed by atoms with van der Waals surface area (Å²) >= 11 is 0. The fourth-order valence-electron chi connectivity index (χ4n) is 3.40. The number of carbonyl (C=O) groups is 1. The number of halogens is 3. The van der Waals surface area contributed by atoms with E-state index in [1.54, 1.807) is 0 Å². The van der Waals surface area contributed by atoms with Gasteiger partial charge in [0, 0.05) is 18.5 Å². The number of pyridine rings is 1. The van der Waals surface area contributed by atoms with E-state index in [1.807, 2.05) is 0 Å². The van der Waals surface area contributed by atoms with Gasteiger partial charge in [-0.1, -0.05) is 25.7 Å². The molecular weight excluding hydrogens is 361 g/mol. The summed E-state index contributed by atoms with van der Waals surface area (Å²) in [6.07, 6.45) is 2.93. The standard InChI is InChI=1S/C18H19F3N4O2/c19-18(20,21)13-5-6-16(26)25(10-13)14(9-12-3-1-2-4-12)17(27)24-15-7-8-22-11-23-15/h5-8,10-12,14H,1-4,9H2,(H,22,23,24,27)/t14-/m0/s1. The zero-order valence-corrected chi connectivity index (χ0v) is 14.4. The minimum Gasteiger partial charge on any atom is -0.309 e. The van der Waals surface area contributed by atoms with E-state index < -0.39 is 29.2 Å². The van der Waals surface area contributed by atoms with Gasteiger partial charge in [0.05, 0.1) is 5.56 Å². The van der Waals surface area contributed by atoms with E-state index in [-0.39, 0.29) is 11.7 Å². The Morgan fingerprint density at radius 1 is 1.26 bits per heavy atom. The SMILES string of the molecule is O=C(Nc1ccncn1)[C@H](CC1CCCC1)n1cc(C(F)(F)F)ccc1=O. The Kier molecular flexibility index (Phi) is 5.57. The lowest BCUT2D eigenvalue weighted by atomic mass is 9.97. The maximum Gasteiger partial charge on any atom is 0.417 e. The molecule has 1 aliphatic rings. The highest BCUT2D eigenvalue weighted by Gasteiger charge is 2.33. The molecule has 0 unspecified atom stereocenters. The highest BCUT2D eigenvalue weighted by Crippen LogP contribution is 2.33. The van der Waals surface area contributed by atoms with E-state index in [1.165, 1.54) is 18.6 Å². The van der Waals surface area contributed by atoms with E-state index in [4.69, 9.17) is 0 Å². The van der Waals surface area contributed by atoms with Crippen LogP contribution < -0.4 is 10.9 Å². The van der Waals surface area contributed by atoms with Crippen LogP contribution in [0.5, 0.6) is 0 Å². The smallest absolute Gasteiger partial charge is 0.309 e. The monoisotopic (exact) mass is 380 g/mol.